The number of hydrogen-bond donors (Lipinski definition) is 3. The molecule has 6 nitrogen and oxygen atoms in total. The van der Waals surface area contributed by atoms with Gasteiger partial charge >= 0.3 is 0 Å². The van der Waals surface area contributed by atoms with E-state index in [4.69, 9.17) is 21.8 Å². The Morgan fingerprint density at radius 3 is 2.54 bits per heavy atom. The predicted molar refractivity (Wildman–Crippen MR) is 95.5 cm³/mol. The molecule has 0 radical (unpaired) electrons. The van der Waals surface area contributed by atoms with E-state index in [9.17, 15) is 9.59 Å². The highest BCUT2D eigenvalue weighted by atomic mass is 35.5. The van der Waals surface area contributed by atoms with Gasteiger partial charge in [-0.2, -0.15) is 0 Å². The fourth-order valence-corrected chi connectivity index (χ4v) is 2.04. The molecule has 0 aliphatic carbocycles. The monoisotopic (exact) mass is 371 g/mol. The van der Waals surface area contributed by atoms with Crippen LogP contribution in [0.15, 0.2) is 41.0 Å². The van der Waals surface area contributed by atoms with Crippen LogP contribution in [-0.4, -0.2) is 18.4 Å². The van der Waals surface area contributed by atoms with Gasteiger partial charge in [0.25, 0.3) is 5.91 Å². The molecule has 24 heavy (non-hydrogen) atoms. The van der Waals surface area contributed by atoms with Crippen molar-refractivity contribution in [1.82, 2.24) is 5.32 Å². The van der Waals surface area contributed by atoms with Crippen molar-refractivity contribution in [3.8, 4) is 0 Å². The summed E-state index contributed by atoms with van der Waals surface area (Å²) in [4.78, 5) is 23.6. The molecule has 8 heteroatoms. The van der Waals surface area contributed by atoms with Crippen molar-refractivity contribution in [2.45, 2.75) is 19.4 Å². The maximum absolute atomic E-state index is 11.8. The van der Waals surface area contributed by atoms with Crippen molar-refractivity contribution in [3.63, 3.8) is 0 Å². The lowest BCUT2D eigenvalue weighted by atomic mass is 10.2. The van der Waals surface area contributed by atoms with E-state index in [0.717, 1.165) is 0 Å². The number of halogens is 2. The predicted octanol–water partition coefficient (Wildman–Crippen LogP) is 2.96. The second-order valence-corrected chi connectivity index (χ2v) is 5.36. The lowest BCUT2D eigenvalue weighted by Crippen LogP contribution is -2.25. The smallest absolute Gasteiger partial charge is 0.254 e. The minimum atomic E-state index is -0.244. The van der Waals surface area contributed by atoms with E-state index in [0.29, 0.717) is 41.4 Å². The summed E-state index contributed by atoms with van der Waals surface area (Å²) >= 11 is 5.78. The van der Waals surface area contributed by atoms with E-state index in [-0.39, 0.29) is 30.8 Å². The number of hydrogen-bond acceptors (Lipinski definition) is 4. The van der Waals surface area contributed by atoms with Crippen LogP contribution in [0.1, 0.15) is 29.0 Å². The molecule has 0 bridgehead atoms. The fraction of sp³-hybridized carbons (Fsp3) is 0.250. The van der Waals surface area contributed by atoms with E-state index in [1.54, 1.807) is 30.3 Å². The molecule has 2 aromatic rings. The third-order valence-electron chi connectivity index (χ3n) is 3.11. The number of rotatable bonds is 7. The van der Waals surface area contributed by atoms with Crippen molar-refractivity contribution in [2.24, 2.45) is 5.73 Å². The quantitative estimate of drug-likeness (QED) is 0.651. The van der Waals surface area contributed by atoms with Gasteiger partial charge in [0, 0.05) is 23.7 Å². The Kier molecular flexibility index (Phi) is 8.32. The standard InChI is InChI=1S/C16H18ClN3O3.ClH/c17-12-3-5-13(6-4-12)20-15(21)2-1-7-19-16(22)11-8-14(9-18)23-10-11;/h3-6,8,10H,1-2,7,9,18H2,(H,19,22)(H,20,21);1H. The second-order valence-electron chi connectivity index (χ2n) is 4.92. The molecule has 1 aromatic heterocycles. The average Bonchev–Trinajstić information content (AvgIpc) is 3.03. The number of nitrogens with two attached hydrogens (primary N) is 1. The van der Waals surface area contributed by atoms with E-state index < -0.39 is 0 Å². The van der Waals surface area contributed by atoms with Crippen LogP contribution in [0.4, 0.5) is 5.69 Å². The zero-order valence-electron chi connectivity index (χ0n) is 12.9. The zero-order valence-corrected chi connectivity index (χ0v) is 14.5. The van der Waals surface area contributed by atoms with Crippen LogP contribution >= 0.6 is 24.0 Å². The molecule has 0 saturated carbocycles. The summed E-state index contributed by atoms with van der Waals surface area (Å²) < 4.78 is 5.09. The Bertz CT molecular complexity index is 671. The summed E-state index contributed by atoms with van der Waals surface area (Å²) in [6, 6.07) is 8.48. The third kappa shape index (κ3) is 6.23. The molecule has 0 aliphatic heterocycles. The topological polar surface area (TPSA) is 97.4 Å². The highest BCUT2D eigenvalue weighted by Gasteiger charge is 2.09. The summed E-state index contributed by atoms with van der Waals surface area (Å²) in [6.07, 6.45) is 2.21. The summed E-state index contributed by atoms with van der Waals surface area (Å²) in [5, 5.41) is 6.10. The molecule has 1 heterocycles. The number of carbonyl (C=O) groups is 2. The molecule has 4 N–H and O–H groups in total. The van der Waals surface area contributed by atoms with E-state index in [2.05, 4.69) is 10.6 Å². The summed E-state index contributed by atoms with van der Waals surface area (Å²) in [5.41, 5.74) is 6.53. The van der Waals surface area contributed by atoms with E-state index in [1.807, 2.05) is 0 Å². The fourth-order valence-electron chi connectivity index (χ4n) is 1.92. The third-order valence-corrected chi connectivity index (χ3v) is 3.36. The Labute approximate surface area is 151 Å². The molecule has 0 aliphatic rings. The van der Waals surface area contributed by atoms with Gasteiger partial charge in [-0.25, -0.2) is 0 Å². The van der Waals surface area contributed by atoms with E-state index in [1.165, 1.54) is 6.26 Å². The van der Waals surface area contributed by atoms with E-state index >= 15 is 0 Å². The largest absolute Gasteiger partial charge is 0.467 e. The number of furan rings is 1. The molecule has 0 unspecified atom stereocenters. The molecule has 1 aromatic carbocycles. The van der Waals surface area contributed by atoms with Crippen LogP contribution in [0.25, 0.3) is 0 Å². The Morgan fingerprint density at radius 1 is 1.21 bits per heavy atom. The first-order valence-corrected chi connectivity index (χ1v) is 7.57. The van der Waals surface area contributed by atoms with Gasteiger partial charge in [0.15, 0.2) is 0 Å². The lowest BCUT2D eigenvalue weighted by molar-refractivity contribution is -0.116. The molecule has 0 spiro atoms. The molecular weight excluding hydrogens is 353 g/mol. The summed E-state index contributed by atoms with van der Waals surface area (Å²) in [6.45, 7) is 0.647. The van der Waals surface area contributed by atoms with Gasteiger partial charge < -0.3 is 20.8 Å². The minimum absolute atomic E-state index is 0. The first kappa shape index (κ1) is 20.0. The Balaban J connectivity index is 0.00000288. The van der Waals surface area contributed by atoms with Gasteiger partial charge in [0.05, 0.1) is 12.1 Å². The van der Waals surface area contributed by atoms with Crippen LogP contribution < -0.4 is 16.4 Å². The minimum Gasteiger partial charge on any atom is -0.467 e. The van der Waals surface area contributed by atoms with Crippen LogP contribution in [0.3, 0.4) is 0 Å². The number of nitrogens with one attached hydrogen (secondary N) is 2. The van der Waals surface area contributed by atoms with Gasteiger partial charge in [0.2, 0.25) is 5.91 Å². The Morgan fingerprint density at radius 2 is 1.92 bits per heavy atom. The average molecular weight is 372 g/mol. The van der Waals surface area contributed by atoms with Gasteiger partial charge in [-0.05, 0) is 36.8 Å². The maximum atomic E-state index is 11.8. The maximum Gasteiger partial charge on any atom is 0.254 e. The second kappa shape index (κ2) is 9.97. The SMILES string of the molecule is Cl.NCc1cc(C(=O)NCCCC(=O)Nc2ccc(Cl)cc2)co1. The van der Waals surface area contributed by atoms with Crippen molar-refractivity contribution >= 4 is 41.5 Å². The first-order valence-electron chi connectivity index (χ1n) is 7.19. The van der Waals surface area contributed by atoms with Crippen molar-refractivity contribution in [1.29, 1.82) is 0 Å². The van der Waals surface area contributed by atoms with Crippen molar-refractivity contribution in [3.05, 3.63) is 52.9 Å². The number of benzene rings is 1. The first-order chi connectivity index (χ1) is 11.1. The number of anilines is 1. The molecule has 2 amide bonds. The number of carbonyl (C=O) groups excluding carboxylic acids is 2. The molecule has 0 saturated heterocycles. The van der Waals surface area contributed by atoms with Gasteiger partial charge in [0.1, 0.15) is 12.0 Å². The van der Waals surface area contributed by atoms with Crippen molar-refractivity contribution < 1.29 is 14.0 Å². The van der Waals surface area contributed by atoms with Gasteiger partial charge in [-0.3, -0.25) is 9.59 Å². The highest BCUT2D eigenvalue weighted by molar-refractivity contribution is 6.30. The van der Waals surface area contributed by atoms with Gasteiger partial charge in [-0.1, -0.05) is 11.6 Å². The Hall–Kier alpha value is -2.02. The molecule has 0 atom stereocenters. The van der Waals surface area contributed by atoms with Gasteiger partial charge in [-0.15, -0.1) is 12.4 Å². The van der Waals surface area contributed by atoms with Crippen LogP contribution in [0.5, 0.6) is 0 Å². The zero-order chi connectivity index (χ0) is 16.7. The van der Waals surface area contributed by atoms with Crippen LogP contribution in [0, 0.1) is 0 Å². The molecular formula is C16H19Cl2N3O3. The molecule has 130 valence electrons. The lowest BCUT2D eigenvalue weighted by Gasteiger charge is -2.06. The van der Waals surface area contributed by atoms with Crippen LogP contribution in [-0.2, 0) is 11.3 Å². The molecule has 2 rings (SSSR count). The molecule has 0 fully saturated rings. The van der Waals surface area contributed by atoms with Crippen molar-refractivity contribution in [2.75, 3.05) is 11.9 Å². The normalized spacial score (nSPS) is 9.92. The highest BCUT2D eigenvalue weighted by Crippen LogP contribution is 2.13. The summed E-state index contributed by atoms with van der Waals surface area (Å²) in [5.74, 6) is 0.194. The number of amides is 2. The summed E-state index contributed by atoms with van der Waals surface area (Å²) in [7, 11) is 0. The van der Waals surface area contributed by atoms with Crippen LogP contribution in [0.2, 0.25) is 5.02 Å².